The smallest absolute Gasteiger partial charge is 0.256 e. The highest BCUT2D eigenvalue weighted by molar-refractivity contribution is 6.15. The lowest BCUT2D eigenvalue weighted by atomic mass is 9.94. The molecule has 1 aliphatic heterocycles. The predicted octanol–water partition coefficient (Wildman–Crippen LogP) is 3.72. The number of piperazine rings is 1. The van der Waals surface area contributed by atoms with Crippen LogP contribution in [0.3, 0.4) is 0 Å². The third-order valence-electron chi connectivity index (χ3n) is 5.34. The van der Waals surface area contributed by atoms with Crippen molar-refractivity contribution < 1.29 is 9.59 Å². The summed E-state index contributed by atoms with van der Waals surface area (Å²) in [6.07, 6.45) is 1.73. The van der Waals surface area contributed by atoms with Crippen LogP contribution >= 0.6 is 0 Å². The predicted molar refractivity (Wildman–Crippen MR) is 111 cm³/mol. The summed E-state index contributed by atoms with van der Waals surface area (Å²) in [5, 5.41) is 3.13. The SMILES string of the molecule is CC(C)(C)C(=O)N1CCN(C(=O)c2cc3ccccc3c3cccnc23)CC1. The Morgan fingerprint density at radius 2 is 1.54 bits per heavy atom. The molecule has 1 aliphatic rings. The molecule has 5 nitrogen and oxygen atoms in total. The lowest BCUT2D eigenvalue weighted by Gasteiger charge is -2.37. The Morgan fingerprint density at radius 3 is 2.25 bits per heavy atom. The minimum atomic E-state index is -0.398. The lowest BCUT2D eigenvalue weighted by molar-refractivity contribution is -0.140. The topological polar surface area (TPSA) is 53.5 Å². The number of aromatic nitrogens is 1. The van der Waals surface area contributed by atoms with Gasteiger partial charge in [-0.25, -0.2) is 0 Å². The number of carbonyl (C=O) groups excluding carboxylic acids is 2. The average molecular weight is 375 g/mol. The Bertz CT molecular complexity index is 1060. The lowest BCUT2D eigenvalue weighted by Crippen LogP contribution is -2.53. The monoisotopic (exact) mass is 375 g/mol. The van der Waals surface area contributed by atoms with Crippen molar-refractivity contribution in [3.63, 3.8) is 0 Å². The fourth-order valence-electron chi connectivity index (χ4n) is 3.85. The minimum absolute atomic E-state index is 0.0164. The molecule has 0 spiro atoms. The van der Waals surface area contributed by atoms with Crippen molar-refractivity contribution in [2.24, 2.45) is 5.41 Å². The molecular formula is C23H25N3O2. The van der Waals surface area contributed by atoms with Gasteiger partial charge in [0.05, 0.1) is 11.1 Å². The van der Waals surface area contributed by atoms with Crippen molar-refractivity contribution in [2.75, 3.05) is 26.2 Å². The van der Waals surface area contributed by atoms with E-state index in [1.807, 2.05) is 67.0 Å². The fourth-order valence-corrected chi connectivity index (χ4v) is 3.85. The van der Waals surface area contributed by atoms with Crippen molar-refractivity contribution in [3.05, 3.63) is 54.2 Å². The molecule has 28 heavy (non-hydrogen) atoms. The Balaban J connectivity index is 1.64. The quantitative estimate of drug-likeness (QED) is 0.609. The van der Waals surface area contributed by atoms with Crippen molar-refractivity contribution in [1.29, 1.82) is 0 Å². The molecule has 1 fully saturated rings. The highest BCUT2D eigenvalue weighted by Crippen LogP contribution is 2.28. The van der Waals surface area contributed by atoms with Crippen LogP contribution in [0.4, 0.5) is 0 Å². The number of amides is 2. The summed E-state index contributed by atoms with van der Waals surface area (Å²) in [5.41, 5.74) is 0.967. The molecule has 0 aliphatic carbocycles. The molecular weight excluding hydrogens is 350 g/mol. The number of benzene rings is 2. The second-order valence-corrected chi connectivity index (χ2v) is 8.38. The van der Waals surface area contributed by atoms with Gasteiger partial charge in [0, 0.05) is 43.2 Å². The highest BCUT2D eigenvalue weighted by Gasteiger charge is 2.31. The molecule has 1 aromatic heterocycles. The number of carbonyl (C=O) groups is 2. The largest absolute Gasteiger partial charge is 0.339 e. The van der Waals surface area contributed by atoms with Gasteiger partial charge in [-0.15, -0.1) is 0 Å². The van der Waals surface area contributed by atoms with E-state index in [0.29, 0.717) is 31.7 Å². The summed E-state index contributed by atoms with van der Waals surface area (Å²) >= 11 is 0. The van der Waals surface area contributed by atoms with E-state index in [1.165, 1.54) is 0 Å². The van der Waals surface area contributed by atoms with Crippen molar-refractivity contribution in [1.82, 2.24) is 14.8 Å². The van der Waals surface area contributed by atoms with Crippen LogP contribution in [0, 0.1) is 5.41 Å². The van der Waals surface area contributed by atoms with Gasteiger partial charge in [-0.1, -0.05) is 51.1 Å². The number of pyridine rings is 1. The molecule has 0 N–H and O–H groups in total. The third-order valence-corrected chi connectivity index (χ3v) is 5.34. The molecule has 144 valence electrons. The van der Waals surface area contributed by atoms with Crippen molar-refractivity contribution >= 4 is 33.5 Å². The van der Waals surface area contributed by atoms with Gasteiger partial charge in [0.1, 0.15) is 0 Å². The van der Waals surface area contributed by atoms with Gasteiger partial charge in [-0.3, -0.25) is 14.6 Å². The van der Waals surface area contributed by atoms with Crippen LogP contribution in [0.25, 0.3) is 21.7 Å². The van der Waals surface area contributed by atoms with Crippen molar-refractivity contribution in [2.45, 2.75) is 20.8 Å². The Kier molecular flexibility index (Phi) is 4.53. The standard InChI is InChI=1S/C23H25N3O2/c1-23(2,3)22(28)26-13-11-25(12-14-26)21(27)19-15-16-7-4-5-8-17(16)18-9-6-10-24-20(18)19/h4-10,15H,11-14H2,1-3H3. The van der Waals surface area contributed by atoms with Crippen LogP contribution in [0.15, 0.2) is 48.7 Å². The van der Waals surface area contributed by atoms with E-state index in [9.17, 15) is 9.59 Å². The first-order chi connectivity index (χ1) is 13.4. The molecule has 3 aromatic rings. The van der Waals surface area contributed by atoms with Gasteiger partial charge in [-0.2, -0.15) is 0 Å². The van der Waals surface area contributed by atoms with Gasteiger partial charge < -0.3 is 9.80 Å². The Labute approximate surface area is 165 Å². The first kappa shape index (κ1) is 18.4. The maximum absolute atomic E-state index is 13.3. The number of hydrogen-bond donors (Lipinski definition) is 0. The maximum Gasteiger partial charge on any atom is 0.256 e. The average Bonchev–Trinajstić information content (AvgIpc) is 2.71. The zero-order chi connectivity index (χ0) is 19.9. The Morgan fingerprint density at radius 1 is 0.893 bits per heavy atom. The molecule has 0 atom stereocenters. The number of hydrogen-bond acceptors (Lipinski definition) is 3. The Hall–Kier alpha value is -2.95. The van der Waals surface area contributed by atoms with Crippen molar-refractivity contribution in [3.8, 4) is 0 Å². The van der Waals surface area contributed by atoms with Gasteiger partial charge in [-0.05, 0) is 22.9 Å². The normalized spacial score (nSPS) is 15.2. The second-order valence-electron chi connectivity index (χ2n) is 8.38. The van der Waals surface area contributed by atoms with Gasteiger partial charge in [0.25, 0.3) is 5.91 Å². The summed E-state index contributed by atoms with van der Waals surface area (Å²) in [5.74, 6) is 0.120. The summed E-state index contributed by atoms with van der Waals surface area (Å²) in [6.45, 7) is 8.02. The summed E-state index contributed by atoms with van der Waals surface area (Å²) in [7, 11) is 0. The number of fused-ring (bicyclic) bond motifs is 3. The molecule has 4 rings (SSSR count). The third kappa shape index (κ3) is 3.21. The molecule has 0 unspecified atom stereocenters. The van der Waals surface area contributed by atoms with E-state index in [-0.39, 0.29) is 11.8 Å². The van der Waals surface area contributed by atoms with E-state index < -0.39 is 5.41 Å². The van der Waals surface area contributed by atoms with Crippen LogP contribution < -0.4 is 0 Å². The minimum Gasteiger partial charge on any atom is -0.339 e. The van der Waals surface area contributed by atoms with Crippen LogP contribution in [0.5, 0.6) is 0 Å². The van der Waals surface area contributed by atoms with E-state index in [4.69, 9.17) is 0 Å². The van der Waals surface area contributed by atoms with E-state index >= 15 is 0 Å². The fraction of sp³-hybridized carbons (Fsp3) is 0.348. The molecule has 2 amide bonds. The molecule has 5 heteroatoms. The number of nitrogens with zero attached hydrogens (tertiary/aromatic N) is 3. The zero-order valence-corrected chi connectivity index (χ0v) is 16.6. The molecule has 2 aromatic carbocycles. The van der Waals surface area contributed by atoms with Crippen LogP contribution in [-0.4, -0.2) is 52.8 Å². The van der Waals surface area contributed by atoms with Gasteiger partial charge >= 0.3 is 0 Å². The van der Waals surface area contributed by atoms with Crippen LogP contribution in [0.1, 0.15) is 31.1 Å². The first-order valence-electron chi connectivity index (χ1n) is 9.71. The molecule has 1 saturated heterocycles. The number of rotatable bonds is 1. The van der Waals surface area contributed by atoms with Gasteiger partial charge in [0.2, 0.25) is 5.91 Å². The van der Waals surface area contributed by atoms with E-state index in [1.54, 1.807) is 6.20 Å². The molecule has 0 radical (unpaired) electrons. The molecule has 0 saturated carbocycles. The van der Waals surface area contributed by atoms with E-state index in [2.05, 4.69) is 11.1 Å². The molecule has 2 heterocycles. The summed E-state index contributed by atoms with van der Waals surface area (Å²) < 4.78 is 0. The summed E-state index contributed by atoms with van der Waals surface area (Å²) in [4.78, 5) is 34.0. The second kappa shape index (κ2) is 6.89. The zero-order valence-electron chi connectivity index (χ0n) is 16.6. The van der Waals surface area contributed by atoms with Gasteiger partial charge in [0.15, 0.2) is 0 Å². The van der Waals surface area contributed by atoms with Crippen LogP contribution in [-0.2, 0) is 4.79 Å². The maximum atomic E-state index is 13.3. The highest BCUT2D eigenvalue weighted by atomic mass is 16.2. The van der Waals surface area contributed by atoms with Crippen LogP contribution in [0.2, 0.25) is 0 Å². The summed E-state index contributed by atoms with van der Waals surface area (Å²) in [6, 6.07) is 13.9. The molecule has 0 bridgehead atoms. The first-order valence-corrected chi connectivity index (χ1v) is 9.71. The van der Waals surface area contributed by atoms with E-state index in [0.717, 1.165) is 21.7 Å².